The molecule has 3 N–H and O–H groups in total. The van der Waals surface area contributed by atoms with Crippen LogP contribution in [-0.4, -0.2) is 31.7 Å². The van der Waals surface area contributed by atoms with Crippen LogP contribution in [-0.2, 0) is 12.7 Å². The lowest BCUT2D eigenvalue weighted by molar-refractivity contribution is -0.137. The number of pyridine rings is 1. The topological polar surface area (TPSA) is 92.2 Å². The lowest BCUT2D eigenvalue weighted by Gasteiger charge is -2.34. The molecular weight excluding hydrogens is 459 g/mol. The summed E-state index contributed by atoms with van der Waals surface area (Å²) in [4.78, 5) is 12.3. The normalized spacial score (nSPS) is 20.3. The van der Waals surface area contributed by atoms with Crippen molar-refractivity contribution in [2.75, 3.05) is 10.6 Å². The van der Waals surface area contributed by atoms with Crippen LogP contribution in [0.1, 0.15) is 49.3 Å². The smallest absolute Gasteiger partial charge is 0.421 e. The summed E-state index contributed by atoms with van der Waals surface area (Å²) in [5, 5.41) is 16.0. The van der Waals surface area contributed by atoms with E-state index in [9.17, 15) is 18.3 Å². The van der Waals surface area contributed by atoms with Crippen LogP contribution in [0.5, 0.6) is 11.6 Å². The number of aliphatic hydroxyl groups is 1. The van der Waals surface area contributed by atoms with E-state index in [0.717, 1.165) is 11.8 Å². The fourth-order valence-corrected chi connectivity index (χ4v) is 3.90. The van der Waals surface area contributed by atoms with Crippen LogP contribution in [0.25, 0.3) is 0 Å². The van der Waals surface area contributed by atoms with Crippen molar-refractivity contribution in [1.29, 1.82) is 0 Å². The number of hydrogen-bond donors (Lipinski definition) is 3. The molecule has 1 fully saturated rings. The Morgan fingerprint density at radius 3 is 2.51 bits per heavy atom. The van der Waals surface area contributed by atoms with Crippen molar-refractivity contribution in [1.82, 2.24) is 15.0 Å². The van der Waals surface area contributed by atoms with Crippen LogP contribution in [0.2, 0.25) is 0 Å². The van der Waals surface area contributed by atoms with Crippen molar-refractivity contribution in [3.63, 3.8) is 0 Å². The van der Waals surface area contributed by atoms with Crippen molar-refractivity contribution in [3.8, 4) is 11.6 Å². The van der Waals surface area contributed by atoms with Gasteiger partial charge in [0.1, 0.15) is 17.1 Å². The maximum Gasteiger partial charge on any atom is 0.421 e. The van der Waals surface area contributed by atoms with Gasteiger partial charge in [-0.05, 0) is 57.7 Å². The molecular formula is C25H28F3N5O2. The summed E-state index contributed by atoms with van der Waals surface area (Å²) in [5.41, 5.74) is 0.0828. The largest absolute Gasteiger partial charge is 0.439 e. The summed E-state index contributed by atoms with van der Waals surface area (Å²) in [6.45, 7) is 3.92. The van der Waals surface area contributed by atoms with Gasteiger partial charge in [-0.3, -0.25) is 0 Å². The van der Waals surface area contributed by atoms with Crippen molar-refractivity contribution in [2.24, 2.45) is 0 Å². The van der Waals surface area contributed by atoms with E-state index in [1.54, 1.807) is 25.3 Å². The number of alkyl halides is 3. The molecule has 0 saturated heterocycles. The number of aryl methyl sites for hydroxylation is 1. The molecule has 1 aromatic carbocycles. The van der Waals surface area contributed by atoms with Crippen LogP contribution in [0, 0.1) is 6.92 Å². The lowest BCUT2D eigenvalue weighted by atomic mass is 9.83. The van der Waals surface area contributed by atoms with E-state index in [1.807, 2.05) is 31.2 Å². The Morgan fingerprint density at radius 2 is 1.83 bits per heavy atom. The Morgan fingerprint density at radius 1 is 1.11 bits per heavy atom. The summed E-state index contributed by atoms with van der Waals surface area (Å²) in [7, 11) is 0. The highest BCUT2D eigenvalue weighted by Crippen LogP contribution is 2.36. The Bertz CT molecular complexity index is 1140. The van der Waals surface area contributed by atoms with E-state index >= 15 is 0 Å². The number of benzene rings is 1. The summed E-state index contributed by atoms with van der Waals surface area (Å²) >= 11 is 0. The minimum Gasteiger partial charge on any atom is -0.439 e. The third-order valence-electron chi connectivity index (χ3n) is 6.02. The third kappa shape index (κ3) is 6.60. The molecule has 1 saturated carbocycles. The number of nitrogens with one attached hydrogen (secondary N) is 2. The summed E-state index contributed by atoms with van der Waals surface area (Å²) in [6, 6.07) is 10.9. The van der Waals surface area contributed by atoms with Gasteiger partial charge in [-0.2, -0.15) is 18.2 Å². The first kappa shape index (κ1) is 24.7. The van der Waals surface area contributed by atoms with Crippen LogP contribution < -0.4 is 15.4 Å². The molecule has 0 spiro atoms. The number of halogens is 3. The molecule has 0 bridgehead atoms. The zero-order chi connectivity index (χ0) is 25.1. The number of rotatable bonds is 7. The molecule has 10 heteroatoms. The van der Waals surface area contributed by atoms with Crippen molar-refractivity contribution < 1.29 is 23.0 Å². The monoisotopic (exact) mass is 487 g/mol. The standard InChI is InChI=1S/C25H28F3N5O2/c1-16-5-7-19(8-6-16)35-22-17(4-3-13-29-22)14-30-23-31-15-20(25(26,27)28)21(33-23)32-18-9-11-24(2,34)12-10-18/h3-8,13,15,18,34H,9-12,14H2,1-2H3,(H2,30,31,32,33)/t18-,24+. The average Bonchev–Trinajstić information content (AvgIpc) is 2.81. The van der Waals surface area contributed by atoms with E-state index in [0.29, 0.717) is 42.9 Å². The molecule has 3 aromatic rings. The summed E-state index contributed by atoms with van der Waals surface area (Å²) in [6.07, 6.45) is -0.104. The highest BCUT2D eigenvalue weighted by atomic mass is 19.4. The quantitative estimate of drug-likeness (QED) is 0.393. The molecule has 0 radical (unpaired) electrons. The molecule has 2 heterocycles. The highest BCUT2D eigenvalue weighted by molar-refractivity contribution is 5.50. The van der Waals surface area contributed by atoms with E-state index < -0.39 is 17.3 Å². The lowest BCUT2D eigenvalue weighted by Crippen LogP contribution is -2.36. The first-order valence-electron chi connectivity index (χ1n) is 11.4. The Hall–Kier alpha value is -3.40. The van der Waals surface area contributed by atoms with Crippen molar-refractivity contribution in [3.05, 3.63) is 65.5 Å². The first-order chi connectivity index (χ1) is 16.6. The van der Waals surface area contributed by atoms with Crippen LogP contribution >= 0.6 is 0 Å². The van der Waals surface area contributed by atoms with Gasteiger partial charge in [0, 0.05) is 30.5 Å². The van der Waals surface area contributed by atoms with Crippen molar-refractivity contribution >= 4 is 11.8 Å². The molecule has 1 aliphatic rings. The minimum absolute atomic E-state index is 0.0495. The zero-order valence-electron chi connectivity index (χ0n) is 19.6. The molecule has 0 unspecified atom stereocenters. The van der Waals surface area contributed by atoms with Gasteiger partial charge in [-0.1, -0.05) is 23.8 Å². The molecule has 7 nitrogen and oxygen atoms in total. The van der Waals surface area contributed by atoms with Gasteiger partial charge in [0.05, 0.1) is 5.60 Å². The predicted molar refractivity (Wildman–Crippen MR) is 126 cm³/mol. The second-order valence-corrected chi connectivity index (χ2v) is 9.11. The maximum atomic E-state index is 13.6. The number of aromatic nitrogens is 3. The molecule has 2 aromatic heterocycles. The molecule has 0 atom stereocenters. The summed E-state index contributed by atoms with van der Waals surface area (Å²) < 4.78 is 46.6. The number of nitrogens with zero attached hydrogens (tertiary/aromatic N) is 3. The van der Waals surface area contributed by atoms with Gasteiger partial charge in [0.25, 0.3) is 0 Å². The molecule has 35 heavy (non-hydrogen) atoms. The average molecular weight is 488 g/mol. The second kappa shape index (κ2) is 10.1. The van der Waals surface area contributed by atoms with Gasteiger partial charge in [-0.25, -0.2) is 9.97 Å². The van der Waals surface area contributed by atoms with Crippen LogP contribution in [0.4, 0.5) is 24.9 Å². The van der Waals surface area contributed by atoms with Gasteiger partial charge < -0.3 is 20.5 Å². The Kier molecular flexibility index (Phi) is 7.11. The minimum atomic E-state index is -4.60. The van der Waals surface area contributed by atoms with Crippen molar-refractivity contribution in [2.45, 2.75) is 63.9 Å². The number of anilines is 2. The van der Waals surface area contributed by atoms with E-state index in [1.165, 1.54) is 0 Å². The Balaban J connectivity index is 1.49. The third-order valence-corrected chi connectivity index (χ3v) is 6.02. The Labute approximate surface area is 201 Å². The maximum absolute atomic E-state index is 13.6. The van der Waals surface area contributed by atoms with Gasteiger partial charge >= 0.3 is 6.18 Å². The van der Waals surface area contributed by atoms with Crippen LogP contribution in [0.3, 0.4) is 0 Å². The fourth-order valence-electron chi connectivity index (χ4n) is 3.90. The molecule has 0 amide bonds. The fraction of sp³-hybridized carbons (Fsp3) is 0.400. The number of ether oxygens (including phenoxy) is 1. The van der Waals surface area contributed by atoms with Gasteiger partial charge in [-0.15, -0.1) is 0 Å². The van der Waals surface area contributed by atoms with Gasteiger partial charge in [0.15, 0.2) is 0 Å². The molecule has 1 aliphatic carbocycles. The van der Waals surface area contributed by atoms with Crippen LogP contribution in [0.15, 0.2) is 48.8 Å². The zero-order valence-corrected chi connectivity index (χ0v) is 19.6. The van der Waals surface area contributed by atoms with E-state index in [2.05, 4.69) is 25.6 Å². The predicted octanol–water partition coefficient (Wildman–Crippen LogP) is 5.71. The van der Waals surface area contributed by atoms with Gasteiger partial charge in [0.2, 0.25) is 11.8 Å². The van der Waals surface area contributed by atoms with E-state index in [4.69, 9.17) is 4.74 Å². The number of hydrogen-bond acceptors (Lipinski definition) is 7. The molecule has 4 rings (SSSR count). The molecule has 0 aliphatic heterocycles. The van der Waals surface area contributed by atoms with E-state index in [-0.39, 0.29) is 24.4 Å². The summed E-state index contributed by atoms with van der Waals surface area (Å²) in [5.74, 6) is 0.778. The SMILES string of the molecule is Cc1ccc(Oc2ncccc2CNc2ncc(C(F)(F)F)c(N[C@H]3CC[C@@](C)(O)CC3)n2)cc1. The second-order valence-electron chi connectivity index (χ2n) is 9.11. The molecule has 186 valence electrons. The first-order valence-corrected chi connectivity index (χ1v) is 11.4. The highest BCUT2D eigenvalue weighted by Gasteiger charge is 2.37.